The molecule has 10 nitrogen and oxygen atoms in total. The number of nitro groups is 1. The number of benzene rings is 1. The van der Waals surface area contributed by atoms with E-state index in [1.165, 1.54) is 37.7 Å². The van der Waals surface area contributed by atoms with Gasteiger partial charge in [0.25, 0.3) is 17.4 Å². The van der Waals surface area contributed by atoms with E-state index in [-0.39, 0.29) is 22.7 Å². The maximum absolute atomic E-state index is 12.5. The van der Waals surface area contributed by atoms with Crippen molar-refractivity contribution in [2.75, 3.05) is 7.11 Å². The van der Waals surface area contributed by atoms with Crippen LogP contribution in [0.15, 0.2) is 41.6 Å². The van der Waals surface area contributed by atoms with E-state index in [1.807, 2.05) is 0 Å². The third-order valence-corrected chi connectivity index (χ3v) is 5.96. The lowest BCUT2D eigenvalue weighted by atomic mass is 9.94. The number of nitrogens with zero attached hydrogens (tertiary/aromatic N) is 3. The summed E-state index contributed by atoms with van der Waals surface area (Å²) < 4.78 is 38.6. The molecule has 3 rings (SSSR count). The number of sulfonamides is 1. The second kappa shape index (κ2) is 8.48. The number of ether oxygens (including phenoxy) is 2. The molecular formula is C17H20N4O6S. The molecule has 1 aromatic heterocycles. The quantitative estimate of drug-likeness (QED) is 0.543. The summed E-state index contributed by atoms with van der Waals surface area (Å²) in [7, 11) is -2.36. The molecule has 0 radical (unpaired) electrons. The average molecular weight is 408 g/mol. The Morgan fingerprint density at radius 2 is 1.82 bits per heavy atom. The summed E-state index contributed by atoms with van der Waals surface area (Å²) in [4.78, 5) is 18.3. The summed E-state index contributed by atoms with van der Waals surface area (Å²) in [5.41, 5.74) is -0.266. The highest BCUT2D eigenvalue weighted by molar-refractivity contribution is 7.89. The van der Waals surface area contributed by atoms with Crippen LogP contribution in [0.1, 0.15) is 25.7 Å². The summed E-state index contributed by atoms with van der Waals surface area (Å²) in [5, 5.41) is 10.9. The predicted molar refractivity (Wildman–Crippen MR) is 98.7 cm³/mol. The number of non-ortho nitro benzene ring substituents is 1. The Hall–Kier alpha value is -2.79. The van der Waals surface area contributed by atoms with Crippen molar-refractivity contribution in [3.8, 4) is 11.8 Å². The Labute approximate surface area is 162 Å². The Balaban J connectivity index is 1.59. The molecule has 0 unspecified atom stereocenters. The molecule has 1 aliphatic rings. The molecule has 1 fully saturated rings. The van der Waals surface area contributed by atoms with Crippen LogP contribution in [-0.4, -0.2) is 42.6 Å². The highest BCUT2D eigenvalue weighted by Crippen LogP contribution is 2.28. The summed E-state index contributed by atoms with van der Waals surface area (Å²) >= 11 is 0. The van der Waals surface area contributed by atoms with Gasteiger partial charge < -0.3 is 9.47 Å². The van der Waals surface area contributed by atoms with Crippen LogP contribution in [0, 0.1) is 10.1 Å². The molecule has 2 aromatic rings. The minimum atomic E-state index is -3.84. The minimum Gasteiger partial charge on any atom is -0.477 e. The van der Waals surface area contributed by atoms with Crippen molar-refractivity contribution < 1.29 is 22.8 Å². The molecule has 0 amide bonds. The molecule has 1 aliphatic carbocycles. The molecule has 0 spiro atoms. The largest absolute Gasteiger partial charge is 0.477 e. The molecule has 150 valence electrons. The van der Waals surface area contributed by atoms with Crippen LogP contribution >= 0.6 is 0 Å². The van der Waals surface area contributed by atoms with Crippen molar-refractivity contribution >= 4 is 15.7 Å². The van der Waals surface area contributed by atoms with Crippen molar-refractivity contribution in [1.29, 1.82) is 0 Å². The maximum atomic E-state index is 12.5. The fraction of sp³-hybridized carbons (Fsp3) is 0.412. The van der Waals surface area contributed by atoms with Crippen LogP contribution in [0.2, 0.25) is 0 Å². The number of methoxy groups -OCH3 is 1. The zero-order chi connectivity index (χ0) is 20.1. The smallest absolute Gasteiger partial charge is 0.278 e. The summed E-state index contributed by atoms with van der Waals surface area (Å²) in [6.07, 6.45) is 5.29. The lowest BCUT2D eigenvalue weighted by molar-refractivity contribution is -0.385. The normalized spacial score (nSPS) is 19.8. The van der Waals surface area contributed by atoms with Gasteiger partial charge in [0.1, 0.15) is 6.10 Å². The predicted octanol–water partition coefficient (Wildman–Crippen LogP) is 2.06. The third-order valence-electron chi connectivity index (χ3n) is 4.44. The van der Waals surface area contributed by atoms with E-state index < -0.39 is 14.9 Å². The Kier molecular flexibility index (Phi) is 6.05. The van der Waals surface area contributed by atoms with E-state index in [4.69, 9.17) is 9.47 Å². The molecule has 0 bridgehead atoms. The van der Waals surface area contributed by atoms with Gasteiger partial charge in [0.15, 0.2) is 0 Å². The minimum absolute atomic E-state index is 0.121. The molecule has 1 heterocycles. The van der Waals surface area contributed by atoms with Gasteiger partial charge in [-0.2, -0.15) is 0 Å². The standard InChI is InChI=1S/C17H20N4O6S/c1-26-16-17(19-10-9-18-16)27-14-7-5-12(6-8-14)20-28(24,25)15-4-2-3-13(11-15)21(22)23/h2-4,9-12,14,20H,5-8H2,1H3. The van der Waals surface area contributed by atoms with Gasteiger partial charge in [-0.25, -0.2) is 23.1 Å². The first-order valence-corrected chi connectivity index (χ1v) is 10.2. The van der Waals surface area contributed by atoms with Crippen LogP contribution in [0.4, 0.5) is 5.69 Å². The van der Waals surface area contributed by atoms with Gasteiger partial charge in [0, 0.05) is 30.6 Å². The van der Waals surface area contributed by atoms with E-state index >= 15 is 0 Å². The number of hydrogen-bond donors (Lipinski definition) is 1. The van der Waals surface area contributed by atoms with Crippen LogP contribution in [0.5, 0.6) is 11.8 Å². The molecule has 0 atom stereocenters. The summed E-state index contributed by atoms with van der Waals surface area (Å²) in [5.74, 6) is 0.613. The molecule has 1 N–H and O–H groups in total. The Bertz CT molecular complexity index is 944. The lowest BCUT2D eigenvalue weighted by Crippen LogP contribution is -2.39. The fourth-order valence-electron chi connectivity index (χ4n) is 3.04. The topological polar surface area (TPSA) is 134 Å². The second-order valence-corrected chi connectivity index (χ2v) is 8.05. The molecule has 0 saturated heterocycles. The van der Waals surface area contributed by atoms with Gasteiger partial charge in [0.05, 0.1) is 16.9 Å². The van der Waals surface area contributed by atoms with Gasteiger partial charge in [-0.05, 0) is 31.7 Å². The van der Waals surface area contributed by atoms with Gasteiger partial charge in [0.2, 0.25) is 10.0 Å². The monoisotopic (exact) mass is 408 g/mol. The SMILES string of the molecule is COc1nccnc1OC1CCC(NS(=O)(=O)c2cccc([N+](=O)[O-])c2)CC1. The Morgan fingerprint density at radius 3 is 2.46 bits per heavy atom. The molecule has 1 aromatic carbocycles. The second-order valence-electron chi connectivity index (χ2n) is 6.34. The Morgan fingerprint density at radius 1 is 1.14 bits per heavy atom. The van der Waals surface area contributed by atoms with Gasteiger partial charge in [-0.15, -0.1) is 0 Å². The van der Waals surface area contributed by atoms with Crippen molar-refractivity contribution in [3.05, 3.63) is 46.8 Å². The number of hydrogen-bond acceptors (Lipinski definition) is 8. The van der Waals surface area contributed by atoms with Crippen LogP contribution in [0.25, 0.3) is 0 Å². The number of nitrogens with one attached hydrogen (secondary N) is 1. The zero-order valence-corrected chi connectivity index (χ0v) is 16.0. The number of aromatic nitrogens is 2. The highest BCUT2D eigenvalue weighted by Gasteiger charge is 2.28. The van der Waals surface area contributed by atoms with Crippen LogP contribution in [0.3, 0.4) is 0 Å². The first-order chi connectivity index (χ1) is 13.4. The average Bonchev–Trinajstić information content (AvgIpc) is 2.70. The summed E-state index contributed by atoms with van der Waals surface area (Å²) in [6.45, 7) is 0. The molecular weight excluding hydrogens is 388 g/mol. The summed E-state index contributed by atoms with van der Waals surface area (Å²) in [6, 6.07) is 4.73. The van der Waals surface area contributed by atoms with Crippen molar-refractivity contribution in [1.82, 2.24) is 14.7 Å². The first-order valence-electron chi connectivity index (χ1n) is 8.67. The van der Waals surface area contributed by atoms with Gasteiger partial charge >= 0.3 is 0 Å². The van der Waals surface area contributed by atoms with Crippen molar-refractivity contribution in [2.24, 2.45) is 0 Å². The zero-order valence-electron chi connectivity index (χ0n) is 15.1. The third kappa shape index (κ3) is 4.73. The first kappa shape index (κ1) is 20.0. The van der Waals surface area contributed by atoms with Gasteiger partial charge in [-0.1, -0.05) is 6.07 Å². The fourth-order valence-corrected chi connectivity index (χ4v) is 4.39. The van der Waals surface area contributed by atoms with Crippen LogP contribution in [-0.2, 0) is 10.0 Å². The van der Waals surface area contributed by atoms with Gasteiger partial charge in [-0.3, -0.25) is 10.1 Å². The number of nitro benzene ring substituents is 1. The van der Waals surface area contributed by atoms with E-state index in [0.717, 1.165) is 6.07 Å². The van der Waals surface area contributed by atoms with E-state index in [2.05, 4.69) is 14.7 Å². The van der Waals surface area contributed by atoms with E-state index in [0.29, 0.717) is 37.4 Å². The lowest BCUT2D eigenvalue weighted by Gasteiger charge is -2.29. The van der Waals surface area contributed by atoms with Crippen molar-refractivity contribution in [3.63, 3.8) is 0 Å². The molecule has 11 heteroatoms. The molecule has 28 heavy (non-hydrogen) atoms. The maximum Gasteiger partial charge on any atom is 0.278 e. The molecule has 1 saturated carbocycles. The van der Waals surface area contributed by atoms with Crippen molar-refractivity contribution in [2.45, 2.75) is 42.7 Å². The number of rotatable bonds is 7. The molecule has 0 aliphatic heterocycles. The highest BCUT2D eigenvalue weighted by atomic mass is 32.2. The van der Waals surface area contributed by atoms with Crippen LogP contribution < -0.4 is 14.2 Å². The van der Waals surface area contributed by atoms with E-state index in [9.17, 15) is 18.5 Å². The van der Waals surface area contributed by atoms with E-state index in [1.54, 1.807) is 0 Å².